The topological polar surface area (TPSA) is 78.9 Å². The van der Waals surface area contributed by atoms with Gasteiger partial charge in [-0.1, -0.05) is 300 Å². The predicted molar refractivity (Wildman–Crippen MR) is 312 cm³/mol. The lowest BCUT2D eigenvalue weighted by Gasteiger charge is -2.18. The fourth-order valence-corrected chi connectivity index (χ4v) is 9.12. The molecule has 72 heavy (non-hydrogen) atoms. The summed E-state index contributed by atoms with van der Waals surface area (Å²) >= 11 is 0. The molecule has 0 saturated heterocycles. The highest BCUT2D eigenvalue weighted by Crippen LogP contribution is 2.17. The Kier molecular flexibility index (Phi) is 58.2. The van der Waals surface area contributed by atoms with Crippen LogP contribution in [0.2, 0.25) is 0 Å². The first-order valence-electron chi connectivity index (χ1n) is 31.3. The van der Waals surface area contributed by atoms with Crippen molar-refractivity contribution < 1.29 is 28.6 Å². The molecule has 0 fully saturated rings. The molecule has 0 spiro atoms. The Morgan fingerprint density at radius 3 is 0.847 bits per heavy atom. The lowest BCUT2D eigenvalue weighted by Crippen LogP contribution is -2.30. The Labute approximate surface area is 447 Å². The van der Waals surface area contributed by atoms with Gasteiger partial charge >= 0.3 is 17.9 Å². The molecule has 1 atom stereocenters. The molecule has 6 nitrogen and oxygen atoms in total. The fourth-order valence-electron chi connectivity index (χ4n) is 9.12. The van der Waals surface area contributed by atoms with Crippen molar-refractivity contribution in [2.45, 2.75) is 329 Å². The van der Waals surface area contributed by atoms with Crippen molar-refractivity contribution in [1.29, 1.82) is 0 Å². The monoisotopic (exact) mass is 1010 g/mol. The molecule has 0 radical (unpaired) electrons. The summed E-state index contributed by atoms with van der Waals surface area (Å²) in [5.41, 5.74) is 0. The molecule has 0 rings (SSSR count). The zero-order valence-electron chi connectivity index (χ0n) is 47.9. The van der Waals surface area contributed by atoms with Gasteiger partial charge in [0.1, 0.15) is 13.2 Å². The zero-order chi connectivity index (χ0) is 52.2. The molecule has 0 heterocycles. The minimum atomic E-state index is -0.776. The Morgan fingerprint density at radius 1 is 0.292 bits per heavy atom. The van der Waals surface area contributed by atoms with Crippen LogP contribution in [0, 0.1) is 0 Å². The van der Waals surface area contributed by atoms with E-state index in [1.165, 1.54) is 186 Å². The van der Waals surface area contributed by atoms with Gasteiger partial charge in [0, 0.05) is 19.3 Å². The van der Waals surface area contributed by atoms with E-state index in [9.17, 15) is 14.4 Å². The second-order valence-electron chi connectivity index (χ2n) is 21.0. The average Bonchev–Trinajstić information content (AvgIpc) is 3.38. The molecule has 0 aromatic rings. The van der Waals surface area contributed by atoms with Gasteiger partial charge < -0.3 is 14.2 Å². The maximum absolute atomic E-state index is 12.8. The Balaban J connectivity index is 4.09. The largest absolute Gasteiger partial charge is 0.462 e. The standard InChI is InChI=1S/C66H118O6/c1-4-7-10-13-16-18-20-22-24-26-28-30-32-33-35-36-38-40-42-44-46-48-50-53-56-59-65(68)71-62-63(61-70-64(67)58-55-52-15-12-9-6-3)72-66(69)60-57-54-51-49-47-45-43-41-39-37-34-31-29-27-25-23-21-19-17-14-11-8-5-2/h8,11,17,19,23,25,29,31,37,39,63H,4-7,9-10,12-16,18,20-22,24,26-28,30,32-36,38,40-62H2,1-3H3/b11-8-,19-17-,25-23-,31-29-,39-37-. The molecule has 0 bridgehead atoms. The van der Waals surface area contributed by atoms with Crippen molar-refractivity contribution in [2.24, 2.45) is 0 Å². The summed E-state index contributed by atoms with van der Waals surface area (Å²) in [6.45, 7) is 6.50. The molecule has 1 unspecified atom stereocenters. The van der Waals surface area contributed by atoms with Crippen molar-refractivity contribution in [3.8, 4) is 0 Å². The highest BCUT2D eigenvalue weighted by Gasteiger charge is 2.19. The number of allylic oxidation sites excluding steroid dienone is 10. The lowest BCUT2D eigenvalue weighted by molar-refractivity contribution is -0.167. The van der Waals surface area contributed by atoms with Gasteiger partial charge in [-0.15, -0.1) is 0 Å². The van der Waals surface area contributed by atoms with Crippen molar-refractivity contribution in [3.63, 3.8) is 0 Å². The summed E-state index contributed by atoms with van der Waals surface area (Å²) in [7, 11) is 0. The van der Waals surface area contributed by atoms with Gasteiger partial charge in [-0.25, -0.2) is 0 Å². The van der Waals surface area contributed by atoms with Gasteiger partial charge in [-0.2, -0.15) is 0 Å². The van der Waals surface area contributed by atoms with E-state index in [2.05, 4.69) is 81.5 Å². The molecule has 6 heteroatoms. The number of ether oxygens (including phenoxy) is 3. The molecule has 418 valence electrons. The van der Waals surface area contributed by atoms with E-state index >= 15 is 0 Å². The summed E-state index contributed by atoms with van der Waals surface area (Å²) in [5, 5.41) is 0. The van der Waals surface area contributed by atoms with Crippen LogP contribution in [0.4, 0.5) is 0 Å². The second kappa shape index (κ2) is 60.7. The molecule has 0 aliphatic heterocycles. The van der Waals surface area contributed by atoms with Gasteiger partial charge in [0.15, 0.2) is 6.10 Å². The van der Waals surface area contributed by atoms with Crippen LogP contribution in [0.15, 0.2) is 60.8 Å². The molecule has 0 aliphatic carbocycles. The normalized spacial score (nSPS) is 12.4. The van der Waals surface area contributed by atoms with Crippen LogP contribution in [-0.4, -0.2) is 37.2 Å². The quantitative estimate of drug-likeness (QED) is 0.0261. The van der Waals surface area contributed by atoms with E-state index in [0.717, 1.165) is 96.3 Å². The second-order valence-corrected chi connectivity index (χ2v) is 21.0. The van der Waals surface area contributed by atoms with Crippen molar-refractivity contribution in [2.75, 3.05) is 13.2 Å². The van der Waals surface area contributed by atoms with Gasteiger partial charge in [0.25, 0.3) is 0 Å². The number of esters is 3. The minimum Gasteiger partial charge on any atom is -0.462 e. The molecule has 0 N–H and O–H groups in total. The summed E-state index contributed by atoms with van der Waals surface area (Å²) in [5.74, 6) is -0.882. The highest BCUT2D eigenvalue weighted by molar-refractivity contribution is 5.71. The van der Waals surface area contributed by atoms with E-state index < -0.39 is 6.10 Å². The Morgan fingerprint density at radius 2 is 0.542 bits per heavy atom. The molecule has 0 saturated carbocycles. The van der Waals surface area contributed by atoms with Crippen molar-refractivity contribution in [3.05, 3.63) is 60.8 Å². The number of hydrogen-bond donors (Lipinski definition) is 0. The van der Waals surface area contributed by atoms with Crippen LogP contribution in [0.5, 0.6) is 0 Å². The number of carbonyl (C=O) groups excluding carboxylic acids is 3. The third kappa shape index (κ3) is 58.0. The van der Waals surface area contributed by atoms with Gasteiger partial charge in [0.2, 0.25) is 0 Å². The lowest BCUT2D eigenvalue weighted by atomic mass is 10.0. The Bertz CT molecular complexity index is 1290. The van der Waals surface area contributed by atoms with Crippen LogP contribution in [0.1, 0.15) is 323 Å². The number of rotatable bonds is 57. The molecular weight excluding hydrogens is 889 g/mol. The summed E-state index contributed by atoms with van der Waals surface area (Å²) in [6, 6.07) is 0. The van der Waals surface area contributed by atoms with E-state index in [1.54, 1.807) is 0 Å². The first-order valence-corrected chi connectivity index (χ1v) is 31.3. The van der Waals surface area contributed by atoms with Crippen LogP contribution >= 0.6 is 0 Å². The third-order valence-electron chi connectivity index (χ3n) is 13.8. The zero-order valence-corrected chi connectivity index (χ0v) is 47.9. The average molecular weight is 1010 g/mol. The van der Waals surface area contributed by atoms with E-state index in [4.69, 9.17) is 14.2 Å². The molecule has 0 aromatic carbocycles. The smallest absolute Gasteiger partial charge is 0.306 e. The van der Waals surface area contributed by atoms with Gasteiger partial charge in [-0.05, 0) is 64.2 Å². The first kappa shape index (κ1) is 69.1. The number of carbonyl (C=O) groups is 3. The van der Waals surface area contributed by atoms with Crippen molar-refractivity contribution in [1.82, 2.24) is 0 Å². The van der Waals surface area contributed by atoms with Crippen LogP contribution in [0.25, 0.3) is 0 Å². The summed E-state index contributed by atoms with van der Waals surface area (Å²) in [4.78, 5) is 38.0. The minimum absolute atomic E-state index is 0.0755. The van der Waals surface area contributed by atoms with Crippen LogP contribution in [0.3, 0.4) is 0 Å². The fraction of sp³-hybridized carbons (Fsp3) is 0.803. The molecule has 0 amide bonds. The van der Waals surface area contributed by atoms with Crippen LogP contribution < -0.4 is 0 Å². The van der Waals surface area contributed by atoms with E-state index in [1.807, 2.05) is 0 Å². The van der Waals surface area contributed by atoms with Gasteiger partial charge in [0.05, 0.1) is 0 Å². The van der Waals surface area contributed by atoms with Gasteiger partial charge in [-0.3, -0.25) is 14.4 Å². The van der Waals surface area contributed by atoms with Crippen LogP contribution in [-0.2, 0) is 28.6 Å². The van der Waals surface area contributed by atoms with E-state index in [-0.39, 0.29) is 31.1 Å². The van der Waals surface area contributed by atoms with Crippen molar-refractivity contribution >= 4 is 17.9 Å². The first-order chi connectivity index (χ1) is 35.5. The number of unbranched alkanes of at least 4 members (excludes halogenated alkanes) is 36. The molecule has 0 aliphatic rings. The number of hydrogen-bond acceptors (Lipinski definition) is 6. The molecular formula is C66H118O6. The summed E-state index contributed by atoms with van der Waals surface area (Å²) in [6.07, 6.45) is 76.9. The van der Waals surface area contributed by atoms with E-state index in [0.29, 0.717) is 19.3 Å². The SMILES string of the molecule is CC/C=C\C/C=C\C/C=C\C/C=C\C/C=C\CCCCCCCCCC(=O)OC(COC(=O)CCCCCCCC)COC(=O)CCCCCCCCCCCCCCCCCCCCCCCCCCC. The Hall–Kier alpha value is -2.89. The molecule has 0 aromatic heterocycles. The highest BCUT2D eigenvalue weighted by atomic mass is 16.6. The maximum atomic E-state index is 12.8. The maximum Gasteiger partial charge on any atom is 0.306 e. The third-order valence-corrected chi connectivity index (χ3v) is 13.8. The predicted octanol–water partition coefficient (Wildman–Crippen LogP) is 21.2. The summed E-state index contributed by atoms with van der Waals surface area (Å²) < 4.78 is 16.8.